The fourth-order valence-electron chi connectivity index (χ4n) is 3.88. The van der Waals surface area contributed by atoms with Crippen molar-refractivity contribution in [3.63, 3.8) is 0 Å². The Bertz CT molecular complexity index is 1020. The van der Waals surface area contributed by atoms with Gasteiger partial charge in [0, 0.05) is 49.2 Å². The van der Waals surface area contributed by atoms with Gasteiger partial charge in [0.05, 0.1) is 14.2 Å². The van der Waals surface area contributed by atoms with Crippen LogP contribution < -0.4 is 9.47 Å². The fraction of sp³-hybridized carbons (Fsp3) is 0.348. The molecule has 6 nitrogen and oxygen atoms in total. The number of fused-ring (bicyclic) bond motifs is 1. The van der Waals surface area contributed by atoms with Crippen LogP contribution in [0.25, 0.3) is 11.0 Å². The Morgan fingerprint density at radius 1 is 1.03 bits per heavy atom. The quantitative estimate of drug-likeness (QED) is 0.660. The molecule has 1 amide bonds. The highest BCUT2D eigenvalue weighted by molar-refractivity contribution is 5.98. The number of carbonyl (C=O) groups is 1. The van der Waals surface area contributed by atoms with E-state index in [1.807, 2.05) is 54.3 Å². The van der Waals surface area contributed by atoms with Gasteiger partial charge in [-0.1, -0.05) is 18.2 Å². The summed E-state index contributed by atoms with van der Waals surface area (Å²) < 4.78 is 16.7. The third kappa shape index (κ3) is 3.80. The molecule has 0 N–H and O–H groups in total. The summed E-state index contributed by atoms with van der Waals surface area (Å²) in [5.74, 6) is 2.09. The van der Waals surface area contributed by atoms with Crippen LogP contribution in [0.1, 0.15) is 21.7 Å². The van der Waals surface area contributed by atoms with Crippen LogP contribution in [0.2, 0.25) is 0 Å². The minimum absolute atomic E-state index is 0.0303. The van der Waals surface area contributed by atoms with Crippen LogP contribution in [-0.2, 0) is 6.54 Å². The van der Waals surface area contributed by atoms with E-state index in [2.05, 4.69) is 4.90 Å². The van der Waals surface area contributed by atoms with Crippen LogP contribution >= 0.6 is 0 Å². The molecule has 2 aromatic carbocycles. The standard InChI is InChI=1S/C23H26N2O4/c1-16-19-6-4-5-7-21(19)29-22(16)23(26)25-12-10-24(11-13-25)15-17-14-18(27-2)8-9-20(17)28-3/h4-9,14H,10-13,15H2,1-3H3. The van der Waals surface area contributed by atoms with Gasteiger partial charge in [0.2, 0.25) is 0 Å². The summed E-state index contributed by atoms with van der Waals surface area (Å²) in [6, 6.07) is 13.6. The van der Waals surface area contributed by atoms with Gasteiger partial charge in [0.25, 0.3) is 5.91 Å². The lowest BCUT2D eigenvalue weighted by atomic mass is 10.1. The lowest BCUT2D eigenvalue weighted by molar-refractivity contribution is 0.0598. The Kier molecular flexibility index (Phi) is 5.45. The molecular formula is C23H26N2O4. The zero-order chi connectivity index (χ0) is 20.4. The number of methoxy groups -OCH3 is 2. The molecule has 0 unspecified atom stereocenters. The first-order valence-corrected chi connectivity index (χ1v) is 9.81. The number of aryl methyl sites for hydroxylation is 1. The lowest BCUT2D eigenvalue weighted by Crippen LogP contribution is -2.48. The number of para-hydroxylation sites is 1. The van der Waals surface area contributed by atoms with Crippen molar-refractivity contribution in [1.82, 2.24) is 9.80 Å². The van der Waals surface area contributed by atoms with Gasteiger partial charge in [-0.15, -0.1) is 0 Å². The van der Waals surface area contributed by atoms with Crippen molar-refractivity contribution in [3.8, 4) is 11.5 Å². The second kappa shape index (κ2) is 8.17. The molecule has 6 heteroatoms. The second-order valence-electron chi connectivity index (χ2n) is 7.30. The van der Waals surface area contributed by atoms with Gasteiger partial charge >= 0.3 is 0 Å². The molecule has 0 radical (unpaired) electrons. The van der Waals surface area contributed by atoms with E-state index in [4.69, 9.17) is 13.9 Å². The van der Waals surface area contributed by atoms with Crippen LogP contribution in [0.15, 0.2) is 46.9 Å². The Labute approximate surface area is 170 Å². The van der Waals surface area contributed by atoms with Crippen molar-refractivity contribution in [2.24, 2.45) is 0 Å². The fourth-order valence-corrected chi connectivity index (χ4v) is 3.88. The van der Waals surface area contributed by atoms with Crippen molar-refractivity contribution in [2.75, 3.05) is 40.4 Å². The molecule has 4 rings (SSSR count). The Hall–Kier alpha value is -2.99. The highest BCUT2D eigenvalue weighted by Gasteiger charge is 2.27. The van der Waals surface area contributed by atoms with E-state index in [0.29, 0.717) is 18.8 Å². The normalized spacial score (nSPS) is 14.9. The van der Waals surface area contributed by atoms with Gasteiger partial charge < -0.3 is 18.8 Å². The van der Waals surface area contributed by atoms with Crippen molar-refractivity contribution < 1.29 is 18.7 Å². The number of nitrogens with zero attached hydrogens (tertiary/aromatic N) is 2. The van der Waals surface area contributed by atoms with Crippen LogP contribution in [0.3, 0.4) is 0 Å². The largest absolute Gasteiger partial charge is 0.497 e. The van der Waals surface area contributed by atoms with E-state index in [0.717, 1.165) is 53.2 Å². The number of benzene rings is 2. The molecule has 152 valence electrons. The van der Waals surface area contributed by atoms with Gasteiger partial charge in [-0.3, -0.25) is 9.69 Å². The number of ether oxygens (including phenoxy) is 2. The number of hydrogen-bond acceptors (Lipinski definition) is 5. The summed E-state index contributed by atoms with van der Waals surface area (Å²) in [4.78, 5) is 17.2. The van der Waals surface area contributed by atoms with E-state index in [1.54, 1.807) is 14.2 Å². The minimum Gasteiger partial charge on any atom is -0.497 e. The number of carbonyl (C=O) groups excluding carboxylic acids is 1. The first-order chi connectivity index (χ1) is 14.1. The van der Waals surface area contributed by atoms with Crippen LogP contribution in [0.5, 0.6) is 11.5 Å². The van der Waals surface area contributed by atoms with E-state index < -0.39 is 0 Å². The SMILES string of the molecule is COc1ccc(OC)c(CN2CCN(C(=O)c3oc4ccccc4c3C)CC2)c1. The maximum atomic E-state index is 13.0. The Morgan fingerprint density at radius 2 is 1.79 bits per heavy atom. The monoisotopic (exact) mass is 394 g/mol. The average Bonchev–Trinajstić information content (AvgIpc) is 3.10. The van der Waals surface area contributed by atoms with Crippen molar-refractivity contribution in [3.05, 3.63) is 59.4 Å². The molecular weight excluding hydrogens is 368 g/mol. The molecule has 29 heavy (non-hydrogen) atoms. The second-order valence-corrected chi connectivity index (χ2v) is 7.30. The number of amides is 1. The van der Waals surface area contributed by atoms with Gasteiger partial charge in [0.1, 0.15) is 17.1 Å². The zero-order valence-corrected chi connectivity index (χ0v) is 17.1. The maximum Gasteiger partial charge on any atom is 0.289 e. The Balaban J connectivity index is 1.43. The van der Waals surface area contributed by atoms with Crippen LogP contribution in [0, 0.1) is 6.92 Å². The van der Waals surface area contributed by atoms with Crippen LogP contribution in [-0.4, -0.2) is 56.1 Å². The van der Waals surface area contributed by atoms with Gasteiger partial charge in [-0.25, -0.2) is 0 Å². The van der Waals surface area contributed by atoms with Gasteiger partial charge in [-0.2, -0.15) is 0 Å². The van der Waals surface area contributed by atoms with E-state index in [9.17, 15) is 4.79 Å². The first-order valence-electron chi connectivity index (χ1n) is 9.81. The molecule has 1 aromatic heterocycles. The van der Waals surface area contributed by atoms with Crippen molar-refractivity contribution in [1.29, 1.82) is 0 Å². The van der Waals surface area contributed by atoms with Crippen LogP contribution in [0.4, 0.5) is 0 Å². The number of rotatable bonds is 5. The number of furan rings is 1. The predicted molar refractivity (Wildman–Crippen MR) is 112 cm³/mol. The first kappa shape index (κ1) is 19.3. The lowest BCUT2D eigenvalue weighted by Gasteiger charge is -2.34. The highest BCUT2D eigenvalue weighted by atomic mass is 16.5. The molecule has 0 saturated carbocycles. The van der Waals surface area contributed by atoms with Crippen molar-refractivity contribution in [2.45, 2.75) is 13.5 Å². The maximum absolute atomic E-state index is 13.0. The predicted octanol–water partition coefficient (Wildman–Crippen LogP) is 3.72. The molecule has 3 aromatic rings. The smallest absolute Gasteiger partial charge is 0.289 e. The topological polar surface area (TPSA) is 55.2 Å². The van der Waals surface area contributed by atoms with Crippen molar-refractivity contribution >= 4 is 16.9 Å². The summed E-state index contributed by atoms with van der Waals surface area (Å²) in [6.07, 6.45) is 0. The number of hydrogen-bond donors (Lipinski definition) is 0. The molecule has 1 fully saturated rings. The molecule has 0 aliphatic carbocycles. The van der Waals surface area contributed by atoms with Gasteiger partial charge in [0.15, 0.2) is 5.76 Å². The average molecular weight is 394 g/mol. The minimum atomic E-state index is -0.0303. The molecule has 1 aliphatic rings. The summed E-state index contributed by atoms with van der Waals surface area (Å²) in [6.45, 7) is 5.64. The van der Waals surface area contributed by atoms with Gasteiger partial charge in [-0.05, 0) is 31.2 Å². The summed E-state index contributed by atoms with van der Waals surface area (Å²) in [7, 11) is 3.34. The molecule has 0 atom stereocenters. The van der Waals surface area contributed by atoms with E-state index in [1.165, 1.54) is 0 Å². The zero-order valence-electron chi connectivity index (χ0n) is 17.1. The summed E-state index contributed by atoms with van der Waals surface area (Å²) in [5, 5.41) is 1.000. The molecule has 0 bridgehead atoms. The van der Waals surface area contributed by atoms with E-state index in [-0.39, 0.29) is 5.91 Å². The summed E-state index contributed by atoms with van der Waals surface area (Å²) in [5.41, 5.74) is 2.76. The molecule has 1 aliphatic heterocycles. The third-order valence-corrected chi connectivity index (χ3v) is 5.58. The van der Waals surface area contributed by atoms with E-state index >= 15 is 0 Å². The summed E-state index contributed by atoms with van der Waals surface area (Å²) >= 11 is 0. The molecule has 1 saturated heterocycles. The highest BCUT2D eigenvalue weighted by Crippen LogP contribution is 2.28. The molecule has 2 heterocycles. The molecule has 0 spiro atoms. The third-order valence-electron chi connectivity index (χ3n) is 5.58. The Morgan fingerprint density at radius 3 is 2.48 bits per heavy atom. The number of piperazine rings is 1.